The number of rotatable bonds is 9. The van der Waals surface area contributed by atoms with Crippen LogP contribution in [0.4, 0.5) is 0 Å². The highest BCUT2D eigenvalue weighted by molar-refractivity contribution is 5.08. The first-order valence-electron chi connectivity index (χ1n) is 9.59. The molecule has 0 aliphatic heterocycles. The van der Waals surface area contributed by atoms with Crippen LogP contribution in [0.2, 0.25) is 0 Å². The SMILES string of the molecule is CCCCCCC1(CC)CC(C)C1C1CC1C(C)CC. The Morgan fingerprint density at radius 1 is 1.10 bits per heavy atom. The van der Waals surface area contributed by atoms with Gasteiger partial charge in [-0.25, -0.2) is 0 Å². The molecule has 0 radical (unpaired) electrons. The van der Waals surface area contributed by atoms with Gasteiger partial charge in [0.05, 0.1) is 0 Å². The van der Waals surface area contributed by atoms with Crippen LogP contribution in [0, 0.1) is 35.0 Å². The zero-order chi connectivity index (χ0) is 14.8. The molecule has 0 saturated heterocycles. The fourth-order valence-electron chi connectivity index (χ4n) is 5.56. The molecule has 2 rings (SSSR count). The maximum Gasteiger partial charge on any atom is -0.0264 e. The van der Waals surface area contributed by atoms with Crippen LogP contribution < -0.4 is 0 Å². The molecule has 6 unspecified atom stereocenters. The molecule has 2 aliphatic rings. The Labute approximate surface area is 128 Å². The predicted octanol–water partition coefficient (Wildman–Crippen LogP) is 6.69. The zero-order valence-corrected chi connectivity index (χ0v) is 14.8. The van der Waals surface area contributed by atoms with Crippen LogP contribution >= 0.6 is 0 Å². The minimum absolute atomic E-state index is 0.750. The average Bonchev–Trinajstić information content (AvgIpc) is 3.20. The van der Waals surface area contributed by atoms with Crippen molar-refractivity contribution in [3.8, 4) is 0 Å². The van der Waals surface area contributed by atoms with Crippen molar-refractivity contribution in [2.24, 2.45) is 35.0 Å². The maximum absolute atomic E-state index is 2.54. The molecule has 6 atom stereocenters. The Hall–Kier alpha value is 0. The van der Waals surface area contributed by atoms with Crippen LogP contribution in [0.15, 0.2) is 0 Å². The average molecular weight is 279 g/mol. The predicted molar refractivity (Wildman–Crippen MR) is 89.8 cm³/mol. The van der Waals surface area contributed by atoms with E-state index in [1.807, 2.05) is 0 Å². The molecule has 20 heavy (non-hydrogen) atoms. The minimum atomic E-state index is 0.750. The third-order valence-electron chi connectivity index (χ3n) is 7.01. The van der Waals surface area contributed by atoms with Crippen LogP contribution in [0.25, 0.3) is 0 Å². The molecule has 0 amide bonds. The molecule has 2 aliphatic carbocycles. The van der Waals surface area contributed by atoms with Crippen molar-refractivity contribution < 1.29 is 0 Å². The molecule has 0 heteroatoms. The summed E-state index contributed by atoms with van der Waals surface area (Å²) in [7, 11) is 0. The second-order valence-corrected chi connectivity index (χ2v) is 8.18. The summed E-state index contributed by atoms with van der Waals surface area (Å²) in [6, 6.07) is 0. The maximum atomic E-state index is 2.54. The summed E-state index contributed by atoms with van der Waals surface area (Å²) in [6.45, 7) is 12.2. The van der Waals surface area contributed by atoms with Crippen LogP contribution in [-0.4, -0.2) is 0 Å². The van der Waals surface area contributed by atoms with Gasteiger partial charge in [0.2, 0.25) is 0 Å². The van der Waals surface area contributed by atoms with E-state index >= 15 is 0 Å². The van der Waals surface area contributed by atoms with Crippen LogP contribution in [0.1, 0.15) is 92.4 Å². The molecular weight excluding hydrogens is 240 g/mol. The number of hydrogen-bond acceptors (Lipinski definition) is 0. The van der Waals surface area contributed by atoms with E-state index in [1.165, 1.54) is 51.4 Å². The highest BCUT2D eigenvalue weighted by atomic mass is 14.6. The summed E-state index contributed by atoms with van der Waals surface area (Å²) in [6.07, 6.45) is 13.2. The minimum Gasteiger partial charge on any atom is -0.0654 e. The summed E-state index contributed by atoms with van der Waals surface area (Å²) in [5.74, 6) is 5.24. The highest BCUT2D eigenvalue weighted by Crippen LogP contribution is 2.67. The van der Waals surface area contributed by atoms with Gasteiger partial charge in [-0.3, -0.25) is 0 Å². The summed E-state index contributed by atoms with van der Waals surface area (Å²) in [4.78, 5) is 0. The summed E-state index contributed by atoms with van der Waals surface area (Å²) in [5.41, 5.74) is 0.750. The Morgan fingerprint density at radius 3 is 2.40 bits per heavy atom. The lowest BCUT2D eigenvalue weighted by Gasteiger charge is -2.56. The van der Waals surface area contributed by atoms with Crippen molar-refractivity contribution in [2.45, 2.75) is 92.4 Å². The molecule has 118 valence electrons. The number of hydrogen-bond donors (Lipinski definition) is 0. The van der Waals surface area contributed by atoms with Crippen LogP contribution in [0.5, 0.6) is 0 Å². The highest BCUT2D eigenvalue weighted by Gasteiger charge is 2.59. The lowest BCUT2D eigenvalue weighted by atomic mass is 9.49. The van der Waals surface area contributed by atoms with Gasteiger partial charge in [0.15, 0.2) is 0 Å². The molecule has 0 aromatic carbocycles. The van der Waals surface area contributed by atoms with Crippen molar-refractivity contribution in [3.05, 3.63) is 0 Å². The van der Waals surface area contributed by atoms with E-state index in [9.17, 15) is 0 Å². The second-order valence-electron chi connectivity index (χ2n) is 8.18. The standard InChI is InChI=1S/C20H38/c1-6-9-10-11-12-20(8-3)14-16(5)19(20)18-13-17(18)15(4)7-2/h15-19H,6-14H2,1-5H3. The van der Waals surface area contributed by atoms with Crippen molar-refractivity contribution in [1.29, 1.82) is 0 Å². The monoisotopic (exact) mass is 278 g/mol. The van der Waals surface area contributed by atoms with E-state index in [2.05, 4.69) is 34.6 Å². The van der Waals surface area contributed by atoms with Crippen molar-refractivity contribution in [1.82, 2.24) is 0 Å². The Balaban J connectivity index is 1.89. The van der Waals surface area contributed by atoms with Gasteiger partial charge in [0.1, 0.15) is 0 Å². The first kappa shape index (κ1) is 16.4. The van der Waals surface area contributed by atoms with Crippen LogP contribution in [-0.2, 0) is 0 Å². The molecular formula is C20H38. The Bertz CT molecular complexity index is 294. The van der Waals surface area contributed by atoms with E-state index in [4.69, 9.17) is 0 Å². The largest absolute Gasteiger partial charge is 0.0654 e. The van der Waals surface area contributed by atoms with Gasteiger partial charge in [0, 0.05) is 0 Å². The van der Waals surface area contributed by atoms with E-state index in [0.717, 1.165) is 35.0 Å². The summed E-state index contributed by atoms with van der Waals surface area (Å²) >= 11 is 0. The molecule has 0 heterocycles. The van der Waals surface area contributed by atoms with E-state index in [-0.39, 0.29) is 0 Å². The molecule has 0 spiro atoms. The second kappa shape index (κ2) is 6.84. The van der Waals surface area contributed by atoms with Gasteiger partial charge in [-0.15, -0.1) is 0 Å². The van der Waals surface area contributed by atoms with Gasteiger partial charge >= 0.3 is 0 Å². The van der Waals surface area contributed by atoms with Crippen molar-refractivity contribution in [3.63, 3.8) is 0 Å². The zero-order valence-electron chi connectivity index (χ0n) is 14.8. The van der Waals surface area contributed by atoms with Gasteiger partial charge in [0.25, 0.3) is 0 Å². The lowest BCUT2D eigenvalue weighted by Crippen LogP contribution is -2.48. The van der Waals surface area contributed by atoms with Gasteiger partial charge in [-0.2, -0.15) is 0 Å². The smallest absolute Gasteiger partial charge is 0.0264 e. The van der Waals surface area contributed by atoms with E-state index in [0.29, 0.717) is 0 Å². The third-order valence-corrected chi connectivity index (χ3v) is 7.01. The lowest BCUT2D eigenvalue weighted by molar-refractivity contribution is -0.0656. The van der Waals surface area contributed by atoms with E-state index < -0.39 is 0 Å². The molecule has 0 N–H and O–H groups in total. The van der Waals surface area contributed by atoms with Crippen LogP contribution in [0.3, 0.4) is 0 Å². The Morgan fingerprint density at radius 2 is 1.85 bits per heavy atom. The molecule has 2 fully saturated rings. The summed E-state index contributed by atoms with van der Waals surface area (Å²) < 4.78 is 0. The first-order chi connectivity index (χ1) is 9.59. The van der Waals surface area contributed by atoms with Gasteiger partial charge in [-0.05, 0) is 54.3 Å². The topological polar surface area (TPSA) is 0 Å². The quantitative estimate of drug-likeness (QED) is 0.412. The Kier molecular flexibility index (Phi) is 5.60. The van der Waals surface area contributed by atoms with Crippen molar-refractivity contribution >= 4 is 0 Å². The fourth-order valence-corrected chi connectivity index (χ4v) is 5.56. The summed E-state index contributed by atoms with van der Waals surface area (Å²) in [5, 5.41) is 0. The fraction of sp³-hybridized carbons (Fsp3) is 1.00. The van der Waals surface area contributed by atoms with Gasteiger partial charge < -0.3 is 0 Å². The normalized spacial score (nSPS) is 41.2. The molecule has 2 saturated carbocycles. The molecule has 0 bridgehead atoms. The first-order valence-corrected chi connectivity index (χ1v) is 9.59. The third kappa shape index (κ3) is 3.09. The van der Waals surface area contributed by atoms with E-state index in [1.54, 1.807) is 6.42 Å². The number of unbranched alkanes of at least 4 members (excludes halogenated alkanes) is 3. The molecule has 0 nitrogen and oxygen atoms in total. The molecule has 0 aromatic heterocycles. The van der Waals surface area contributed by atoms with Crippen molar-refractivity contribution in [2.75, 3.05) is 0 Å². The molecule has 0 aromatic rings. The van der Waals surface area contributed by atoms with Gasteiger partial charge in [-0.1, -0.05) is 73.1 Å².